The van der Waals surface area contributed by atoms with Crippen LogP contribution in [0.3, 0.4) is 0 Å². The number of carboxylic acid groups (broad SMARTS) is 1. The third-order valence-corrected chi connectivity index (χ3v) is 2.84. The van der Waals surface area contributed by atoms with E-state index in [1.807, 2.05) is 0 Å². The third-order valence-electron chi connectivity index (χ3n) is 2.84. The number of hydrogen-bond acceptors (Lipinski definition) is 3. The van der Waals surface area contributed by atoms with Crippen LogP contribution >= 0.6 is 0 Å². The van der Waals surface area contributed by atoms with Crippen molar-refractivity contribution in [2.75, 3.05) is 5.32 Å². The van der Waals surface area contributed by atoms with Gasteiger partial charge in [-0.25, -0.2) is 9.78 Å². The smallest absolute Gasteiger partial charge is 0.337 e. The van der Waals surface area contributed by atoms with Gasteiger partial charge in [0.15, 0.2) is 0 Å². The van der Waals surface area contributed by atoms with Gasteiger partial charge in [0.25, 0.3) is 0 Å². The molecule has 6 nitrogen and oxygen atoms in total. The molecule has 0 bridgehead atoms. The van der Waals surface area contributed by atoms with Crippen molar-refractivity contribution in [2.24, 2.45) is 0 Å². The molecule has 2 rings (SSSR count). The number of carboxylic acids is 1. The number of imidazole rings is 1. The molecule has 0 saturated heterocycles. The number of anilines is 1. The lowest BCUT2D eigenvalue weighted by Crippen LogP contribution is -2.16. The van der Waals surface area contributed by atoms with Gasteiger partial charge >= 0.3 is 5.97 Å². The quantitative estimate of drug-likeness (QED) is 0.871. The first-order chi connectivity index (χ1) is 9.56. The molecule has 2 N–H and O–H groups in total. The number of carbonyl (C=O) groups excluding carboxylic acids is 1. The summed E-state index contributed by atoms with van der Waals surface area (Å²) < 4.78 is 1.78. The maximum atomic E-state index is 11.8. The molecule has 1 aromatic heterocycles. The summed E-state index contributed by atoms with van der Waals surface area (Å²) in [7, 11) is 0. The lowest BCUT2D eigenvalue weighted by Gasteiger charge is -2.09. The van der Waals surface area contributed by atoms with Gasteiger partial charge in [-0.15, -0.1) is 0 Å². The van der Waals surface area contributed by atoms with Crippen LogP contribution in [0.25, 0.3) is 0 Å². The first kappa shape index (κ1) is 13.8. The van der Waals surface area contributed by atoms with Crippen molar-refractivity contribution in [2.45, 2.75) is 19.9 Å². The highest BCUT2D eigenvalue weighted by molar-refractivity contribution is 6.00. The van der Waals surface area contributed by atoms with E-state index in [2.05, 4.69) is 10.3 Å². The molecule has 0 aliphatic rings. The molecule has 104 valence electrons. The molecule has 0 aliphatic carbocycles. The van der Waals surface area contributed by atoms with Crippen LogP contribution in [-0.2, 0) is 11.3 Å². The number of nitrogens with zero attached hydrogens (tertiary/aromatic N) is 2. The number of rotatable bonds is 5. The number of nitrogens with one attached hydrogen (secondary N) is 1. The standard InChI is InChI=1S/C14H15N3O3/c1-10-2-3-12(11(8-10)14(19)20)16-13(18)4-6-17-7-5-15-9-17/h2-3,5,7-9H,4,6H2,1H3,(H,16,18)(H,19,20). The highest BCUT2D eigenvalue weighted by Crippen LogP contribution is 2.17. The molecule has 0 unspecified atom stereocenters. The van der Waals surface area contributed by atoms with Gasteiger partial charge in [-0.3, -0.25) is 4.79 Å². The fraction of sp³-hybridized carbons (Fsp3) is 0.214. The van der Waals surface area contributed by atoms with Crippen molar-refractivity contribution >= 4 is 17.6 Å². The first-order valence-corrected chi connectivity index (χ1v) is 6.16. The minimum absolute atomic E-state index is 0.0981. The van der Waals surface area contributed by atoms with Crippen molar-refractivity contribution in [3.8, 4) is 0 Å². The molecule has 2 aromatic rings. The lowest BCUT2D eigenvalue weighted by molar-refractivity contribution is -0.116. The van der Waals surface area contributed by atoms with Crippen LogP contribution in [0.4, 0.5) is 5.69 Å². The van der Waals surface area contributed by atoms with Crippen molar-refractivity contribution in [1.82, 2.24) is 9.55 Å². The SMILES string of the molecule is Cc1ccc(NC(=O)CCn2ccnc2)c(C(=O)O)c1. The van der Waals surface area contributed by atoms with Crippen LogP contribution in [0.2, 0.25) is 0 Å². The fourth-order valence-electron chi connectivity index (χ4n) is 1.81. The lowest BCUT2D eigenvalue weighted by atomic mass is 10.1. The van der Waals surface area contributed by atoms with E-state index < -0.39 is 5.97 Å². The number of aromatic carboxylic acids is 1. The van der Waals surface area contributed by atoms with E-state index in [4.69, 9.17) is 5.11 Å². The van der Waals surface area contributed by atoms with E-state index in [9.17, 15) is 9.59 Å². The van der Waals surface area contributed by atoms with E-state index >= 15 is 0 Å². The third kappa shape index (κ3) is 3.44. The van der Waals surface area contributed by atoms with Crippen LogP contribution in [0.5, 0.6) is 0 Å². The average Bonchev–Trinajstić information content (AvgIpc) is 2.91. The van der Waals surface area contributed by atoms with Crippen LogP contribution in [0.1, 0.15) is 22.3 Å². The highest BCUT2D eigenvalue weighted by Gasteiger charge is 2.12. The Kier molecular flexibility index (Phi) is 4.14. The Labute approximate surface area is 116 Å². The normalized spacial score (nSPS) is 10.2. The van der Waals surface area contributed by atoms with Crippen molar-refractivity contribution in [3.63, 3.8) is 0 Å². The van der Waals surface area contributed by atoms with Gasteiger partial charge in [0, 0.05) is 25.4 Å². The predicted octanol–water partition coefficient (Wildman–Crippen LogP) is 1.92. The second kappa shape index (κ2) is 6.01. The molecule has 0 saturated carbocycles. The predicted molar refractivity (Wildman–Crippen MR) is 73.6 cm³/mol. The number of aromatic nitrogens is 2. The minimum Gasteiger partial charge on any atom is -0.478 e. The molecular formula is C14H15N3O3. The summed E-state index contributed by atoms with van der Waals surface area (Å²) in [5.74, 6) is -1.29. The summed E-state index contributed by atoms with van der Waals surface area (Å²) in [5.41, 5.74) is 1.25. The summed E-state index contributed by atoms with van der Waals surface area (Å²) in [6.07, 6.45) is 5.29. The zero-order valence-corrected chi connectivity index (χ0v) is 11.0. The topological polar surface area (TPSA) is 84.2 Å². The van der Waals surface area contributed by atoms with Crippen molar-refractivity contribution in [1.29, 1.82) is 0 Å². The maximum absolute atomic E-state index is 11.8. The van der Waals surface area contributed by atoms with E-state index in [-0.39, 0.29) is 17.9 Å². The van der Waals surface area contributed by atoms with E-state index in [1.165, 1.54) is 6.07 Å². The Hall–Kier alpha value is -2.63. The Morgan fingerprint density at radius 3 is 2.85 bits per heavy atom. The Balaban J connectivity index is 2.02. The van der Waals surface area contributed by atoms with Gasteiger partial charge in [-0.2, -0.15) is 0 Å². The monoisotopic (exact) mass is 273 g/mol. The molecule has 0 radical (unpaired) electrons. The van der Waals surface area contributed by atoms with Gasteiger partial charge < -0.3 is 15.0 Å². The van der Waals surface area contributed by atoms with Crippen LogP contribution in [-0.4, -0.2) is 26.5 Å². The molecular weight excluding hydrogens is 258 g/mol. The van der Waals surface area contributed by atoms with Crippen molar-refractivity contribution in [3.05, 3.63) is 48.0 Å². The van der Waals surface area contributed by atoms with Crippen molar-refractivity contribution < 1.29 is 14.7 Å². The van der Waals surface area contributed by atoms with Gasteiger partial charge in [0.05, 0.1) is 17.6 Å². The Morgan fingerprint density at radius 2 is 2.20 bits per heavy atom. The summed E-state index contributed by atoms with van der Waals surface area (Å²) in [4.78, 5) is 26.9. The van der Waals surface area contributed by atoms with Gasteiger partial charge in [0.1, 0.15) is 0 Å². The Morgan fingerprint density at radius 1 is 1.40 bits per heavy atom. The molecule has 1 aromatic carbocycles. The second-order valence-corrected chi connectivity index (χ2v) is 4.45. The second-order valence-electron chi connectivity index (χ2n) is 4.45. The van der Waals surface area contributed by atoms with Gasteiger partial charge in [-0.1, -0.05) is 11.6 Å². The number of amides is 1. The fourth-order valence-corrected chi connectivity index (χ4v) is 1.81. The molecule has 0 fully saturated rings. The van der Waals surface area contributed by atoms with Crippen LogP contribution in [0, 0.1) is 6.92 Å². The molecule has 6 heteroatoms. The average molecular weight is 273 g/mol. The molecule has 0 aliphatic heterocycles. The molecule has 0 spiro atoms. The molecule has 1 heterocycles. The minimum atomic E-state index is -1.06. The van der Waals surface area contributed by atoms with Gasteiger partial charge in [0.2, 0.25) is 5.91 Å². The largest absolute Gasteiger partial charge is 0.478 e. The van der Waals surface area contributed by atoms with Gasteiger partial charge in [-0.05, 0) is 19.1 Å². The number of benzene rings is 1. The molecule has 20 heavy (non-hydrogen) atoms. The number of carbonyl (C=O) groups is 2. The Bertz CT molecular complexity index is 621. The number of aryl methyl sites for hydroxylation is 2. The molecule has 1 amide bonds. The summed E-state index contributed by atoms with van der Waals surface area (Å²) in [6, 6.07) is 4.90. The summed E-state index contributed by atoms with van der Waals surface area (Å²) >= 11 is 0. The van der Waals surface area contributed by atoms with E-state index in [0.717, 1.165) is 5.56 Å². The van der Waals surface area contributed by atoms with E-state index in [1.54, 1.807) is 42.3 Å². The first-order valence-electron chi connectivity index (χ1n) is 6.16. The summed E-state index contributed by atoms with van der Waals surface area (Å²) in [5, 5.41) is 11.7. The maximum Gasteiger partial charge on any atom is 0.337 e. The summed E-state index contributed by atoms with van der Waals surface area (Å²) in [6.45, 7) is 2.30. The highest BCUT2D eigenvalue weighted by atomic mass is 16.4. The van der Waals surface area contributed by atoms with Crippen LogP contribution in [0.15, 0.2) is 36.9 Å². The van der Waals surface area contributed by atoms with Crippen LogP contribution < -0.4 is 5.32 Å². The molecule has 0 atom stereocenters. The number of hydrogen-bond donors (Lipinski definition) is 2. The zero-order chi connectivity index (χ0) is 14.5. The van der Waals surface area contributed by atoms with E-state index in [0.29, 0.717) is 12.2 Å². The zero-order valence-electron chi connectivity index (χ0n) is 11.0.